The lowest BCUT2D eigenvalue weighted by molar-refractivity contribution is 0.0998. The number of anilines is 1. The van der Waals surface area contributed by atoms with Gasteiger partial charge in [-0.2, -0.15) is 0 Å². The van der Waals surface area contributed by atoms with E-state index in [0.29, 0.717) is 16.7 Å². The molecular formula is C25H23NO2. The van der Waals surface area contributed by atoms with Crippen LogP contribution in [0.3, 0.4) is 0 Å². The summed E-state index contributed by atoms with van der Waals surface area (Å²) in [7, 11) is 3.95. The SMILES string of the molecule is CN(C)c1ccc(/C(=C/C(=O)c2ccccc2)CC(=O)c2ccccc2)cc1. The summed E-state index contributed by atoms with van der Waals surface area (Å²) in [6, 6.07) is 26.2. The molecule has 0 saturated carbocycles. The Morgan fingerprint density at radius 1 is 0.714 bits per heavy atom. The van der Waals surface area contributed by atoms with Crippen molar-refractivity contribution in [1.29, 1.82) is 0 Å². The zero-order chi connectivity index (χ0) is 19.9. The van der Waals surface area contributed by atoms with Crippen molar-refractivity contribution in [3.63, 3.8) is 0 Å². The van der Waals surface area contributed by atoms with Gasteiger partial charge in [0.15, 0.2) is 11.6 Å². The van der Waals surface area contributed by atoms with E-state index < -0.39 is 0 Å². The van der Waals surface area contributed by atoms with Gasteiger partial charge in [-0.25, -0.2) is 0 Å². The van der Waals surface area contributed by atoms with Gasteiger partial charge in [0, 0.05) is 37.3 Å². The molecule has 0 unspecified atom stereocenters. The minimum absolute atomic E-state index is 0.00982. The van der Waals surface area contributed by atoms with Crippen LogP contribution in [0.1, 0.15) is 32.7 Å². The Hall–Kier alpha value is -3.46. The zero-order valence-electron chi connectivity index (χ0n) is 16.1. The Labute approximate surface area is 165 Å². The number of carbonyl (C=O) groups excluding carboxylic acids is 2. The van der Waals surface area contributed by atoms with Crippen molar-refractivity contribution in [2.24, 2.45) is 0 Å². The topological polar surface area (TPSA) is 37.4 Å². The van der Waals surface area contributed by atoms with Crippen LogP contribution in [-0.2, 0) is 0 Å². The molecule has 3 heteroatoms. The van der Waals surface area contributed by atoms with Gasteiger partial charge < -0.3 is 4.90 Å². The van der Waals surface area contributed by atoms with E-state index in [4.69, 9.17) is 0 Å². The van der Waals surface area contributed by atoms with Crippen molar-refractivity contribution < 1.29 is 9.59 Å². The fourth-order valence-electron chi connectivity index (χ4n) is 2.95. The average molecular weight is 369 g/mol. The van der Waals surface area contributed by atoms with Crippen LogP contribution >= 0.6 is 0 Å². The summed E-state index contributed by atoms with van der Waals surface area (Å²) in [5.74, 6) is -0.113. The standard InChI is InChI=1S/C25H23NO2/c1-26(2)23-15-13-19(14-16-23)22(17-24(27)20-9-5-3-6-10-20)18-25(28)21-11-7-4-8-12-21/h3-17H,18H2,1-2H3/b22-17+. The zero-order valence-corrected chi connectivity index (χ0v) is 16.1. The van der Waals surface area contributed by atoms with Crippen molar-refractivity contribution in [3.8, 4) is 0 Å². The smallest absolute Gasteiger partial charge is 0.186 e. The van der Waals surface area contributed by atoms with Crippen LogP contribution in [0.4, 0.5) is 5.69 Å². The fraction of sp³-hybridized carbons (Fsp3) is 0.120. The summed E-state index contributed by atoms with van der Waals surface area (Å²) < 4.78 is 0. The van der Waals surface area contributed by atoms with E-state index in [-0.39, 0.29) is 18.0 Å². The van der Waals surface area contributed by atoms with Crippen LogP contribution in [-0.4, -0.2) is 25.7 Å². The molecule has 0 aliphatic heterocycles. The van der Waals surface area contributed by atoms with E-state index in [0.717, 1.165) is 11.3 Å². The number of allylic oxidation sites excluding steroid dienone is 2. The van der Waals surface area contributed by atoms with Gasteiger partial charge in [0.2, 0.25) is 0 Å². The van der Waals surface area contributed by atoms with Crippen LogP contribution in [0.2, 0.25) is 0 Å². The Morgan fingerprint density at radius 2 is 1.25 bits per heavy atom. The molecular weight excluding hydrogens is 346 g/mol. The van der Waals surface area contributed by atoms with Crippen molar-refractivity contribution >= 4 is 22.8 Å². The third-order valence-corrected chi connectivity index (χ3v) is 4.56. The van der Waals surface area contributed by atoms with E-state index in [2.05, 4.69) is 0 Å². The van der Waals surface area contributed by atoms with E-state index in [1.165, 1.54) is 0 Å². The summed E-state index contributed by atoms with van der Waals surface area (Å²) in [6.45, 7) is 0. The Balaban J connectivity index is 1.94. The molecule has 0 saturated heterocycles. The lowest BCUT2D eigenvalue weighted by Gasteiger charge is -2.14. The van der Waals surface area contributed by atoms with Gasteiger partial charge in [0.25, 0.3) is 0 Å². The molecule has 0 aromatic heterocycles. The maximum atomic E-state index is 12.8. The number of hydrogen-bond acceptors (Lipinski definition) is 3. The van der Waals surface area contributed by atoms with Gasteiger partial charge >= 0.3 is 0 Å². The lowest BCUT2D eigenvalue weighted by atomic mass is 9.95. The highest BCUT2D eigenvalue weighted by Crippen LogP contribution is 2.24. The molecule has 0 aliphatic rings. The summed E-state index contributed by atoms with van der Waals surface area (Å²) in [5.41, 5.74) is 3.90. The first kappa shape index (κ1) is 19.3. The molecule has 0 atom stereocenters. The highest BCUT2D eigenvalue weighted by molar-refractivity contribution is 6.11. The summed E-state index contributed by atoms with van der Waals surface area (Å²) >= 11 is 0. The van der Waals surface area contributed by atoms with Gasteiger partial charge in [-0.05, 0) is 29.3 Å². The molecule has 0 radical (unpaired) electrons. The molecule has 0 aliphatic carbocycles. The molecule has 0 fully saturated rings. The number of carbonyl (C=O) groups is 2. The molecule has 0 bridgehead atoms. The third kappa shape index (κ3) is 4.83. The minimum atomic E-state index is -0.104. The number of rotatable bonds is 7. The first-order valence-corrected chi connectivity index (χ1v) is 9.20. The van der Waals surface area contributed by atoms with Crippen LogP contribution in [0, 0.1) is 0 Å². The Kier molecular flexibility index (Phi) is 6.18. The number of ketones is 2. The van der Waals surface area contributed by atoms with Gasteiger partial charge in [-0.1, -0.05) is 72.8 Å². The van der Waals surface area contributed by atoms with Crippen molar-refractivity contribution in [2.45, 2.75) is 6.42 Å². The molecule has 0 heterocycles. The lowest BCUT2D eigenvalue weighted by Crippen LogP contribution is -2.08. The largest absolute Gasteiger partial charge is 0.378 e. The van der Waals surface area contributed by atoms with Crippen molar-refractivity contribution in [3.05, 3.63) is 108 Å². The second-order valence-electron chi connectivity index (χ2n) is 6.81. The Morgan fingerprint density at radius 3 is 1.79 bits per heavy atom. The predicted octanol–water partition coefficient (Wildman–Crippen LogP) is 5.29. The van der Waals surface area contributed by atoms with Gasteiger partial charge in [-0.3, -0.25) is 9.59 Å². The normalized spacial score (nSPS) is 11.1. The van der Waals surface area contributed by atoms with Gasteiger partial charge in [-0.15, -0.1) is 0 Å². The van der Waals surface area contributed by atoms with Crippen molar-refractivity contribution in [2.75, 3.05) is 19.0 Å². The number of benzene rings is 3. The summed E-state index contributed by atoms with van der Waals surface area (Å²) in [6.07, 6.45) is 1.75. The molecule has 0 amide bonds. The molecule has 0 spiro atoms. The van der Waals surface area contributed by atoms with Crippen LogP contribution in [0.15, 0.2) is 91.0 Å². The molecule has 3 nitrogen and oxygen atoms in total. The molecule has 3 aromatic rings. The third-order valence-electron chi connectivity index (χ3n) is 4.56. The molecule has 3 aromatic carbocycles. The molecule has 28 heavy (non-hydrogen) atoms. The molecule has 0 N–H and O–H groups in total. The first-order chi connectivity index (χ1) is 13.5. The maximum Gasteiger partial charge on any atom is 0.186 e. The summed E-state index contributed by atoms with van der Waals surface area (Å²) in [4.78, 5) is 27.5. The van der Waals surface area contributed by atoms with Crippen LogP contribution in [0.5, 0.6) is 0 Å². The number of hydrogen-bond donors (Lipinski definition) is 0. The van der Waals surface area contributed by atoms with Crippen LogP contribution < -0.4 is 4.90 Å². The van der Waals surface area contributed by atoms with Crippen LogP contribution in [0.25, 0.3) is 5.57 Å². The predicted molar refractivity (Wildman–Crippen MR) is 115 cm³/mol. The number of nitrogens with zero attached hydrogens (tertiary/aromatic N) is 1. The van der Waals surface area contributed by atoms with Crippen molar-refractivity contribution in [1.82, 2.24) is 0 Å². The number of Topliss-reactive ketones (excluding diaryl/α,β-unsaturated/α-hetero) is 1. The fourth-order valence-corrected chi connectivity index (χ4v) is 2.95. The monoisotopic (exact) mass is 369 g/mol. The average Bonchev–Trinajstić information content (AvgIpc) is 2.74. The van der Waals surface area contributed by atoms with Gasteiger partial charge in [0.1, 0.15) is 0 Å². The molecule has 140 valence electrons. The van der Waals surface area contributed by atoms with E-state index in [9.17, 15) is 9.59 Å². The maximum absolute atomic E-state index is 12.8. The quantitative estimate of drug-likeness (QED) is 0.419. The van der Waals surface area contributed by atoms with E-state index in [1.807, 2.05) is 79.7 Å². The van der Waals surface area contributed by atoms with E-state index >= 15 is 0 Å². The highest BCUT2D eigenvalue weighted by Gasteiger charge is 2.13. The second-order valence-corrected chi connectivity index (χ2v) is 6.81. The first-order valence-electron chi connectivity index (χ1n) is 9.20. The minimum Gasteiger partial charge on any atom is -0.378 e. The highest BCUT2D eigenvalue weighted by atomic mass is 16.1. The second kappa shape index (κ2) is 8.96. The van der Waals surface area contributed by atoms with Gasteiger partial charge in [0.05, 0.1) is 0 Å². The molecule has 3 rings (SSSR count). The summed E-state index contributed by atoms with van der Waals surface area (Å²) in [5, 5.41) is 0. The van der Waals surface area contributed by atoms with E-state index in [1.54, 1.807) is 30.3 Å². The Bertz CT molecular complexity index is 972.